The molecular formula is C27H30F5N7O3. The third-order valence-electron chi connectivity index (χ3n) is 7.83. The standard InChI is InChI=1S/C27H30F5N7O3/c28-20-4-1-3-19(22(20)29)16-6-7-17(14-38(13-16)24(40)34-15-27(30,31)32)35-25(41)37-11-8-18(9-12-37)39-21-5-2-10-33-23(21)36-26(39)42/h1-5,10,16-18H,6-9,11-15H2,(H,34,40)(H,35,41)(H,33,36,42)/t16-,17-/m1/s1. The second kappa shape index (κ2) is 12.0. The van der Waals surface area contributed by atoms with Crippen LogP contribution in [0.15, 0.2) is 41.3 Å². The first kappa shape index (κ1) is 29.3. The summed E-state index contributed by atoms with van der Waals surface area (Å²) in [4.78, 5) is 48.0. The number of rotatable bonds is 4. The number of likely N-dealkylation sites (tertiary alicyclic amines) is 2. The number of nitrogens with one attached hydrogen (secondary N) is 3. The largest absolute Gasteiger partial charge is 0.405 e. The number of fused-ring (bicyclic) bond motifs is 1. The number of aromatic amines is 1. The molecule has 0 aliphatic carbocycles. The van der Waals surface area contributed by atoms with E-state index in [9.17, 15) is 36.3 Å². The first-order valence-corrected chi connectivity index (χ1v) is 13.6. The van der Waals surface area contributed by atoms with Gasteiger partial charge in [-0.25, -0.2) is 28.1 Å². The molecule has 5 rings (SSSR count). The minimum Gasteiger partial charge on any atom is -0.333 e. The molecule has 2 aliphatic heterocycles. The number of urea groups is 2. The van der Waals surface area contributed by atoms with E-state index in [4.69, 9.17) is 0 Å². The molecule has 3 aromatic rings. The highest BCUT2D eigenvalue weighted by Gasteiger charge is 2.34. The van der Waals surface area contributed by atoms with Crippen molar-refractivity contribution in [2.45, 2.75) is 49.9 Å². The van der Waals surface area contributed by atoms with Gasteiger partial charge in [0.05, 0.1) is 5.52 Å². The van der Waals surface area contributed by atoms with Crippen molar-refractivity contribution in [3.63, 3.8) is 0 Å². The maximum atomic E-state index is 14.6. The van der Waals surface area contributed by atoms with E-state index in [1.165, 1.54) is 12.1 Å². The summed E-state index contributed by atoms with van der Waals surface area (Å²) < 4.78 is 68.5. The van der Waals surface area contributed by atoms with E-state index in [2.05, 4.69) is 15.3 Å². The van der Waals surface area contributed by atoms with Gasteiger partial charge in [0.15, 0.2) is 17.3 Å². The van der Waals surface area contributed by atoms with Crippen molar-refractivity contribution < 1.29 is 31.5 Å². The molecule has 226 valence electrons. The molecule has 0 bridgehead atoms. The molecule has 3 N–H and O–H groups in total. The lowest BCUT2D eigenvalue weighted by Gasteiger charge is -2.34. The van der Waals surface area contributed by atoms with Gasteiger partial charge in [0.25, 0.3) is 0 Å². The molecule has 2 fully saturated rings. The number of imidazole rings is 1. The molecule has 2 aromatic heterocycles. The van der Waals surface area contributed by atoms with E-state index >= 15 is 0 Å². The average molecular weight is 596 g/mol. The summed E-state index contributed by atoms with van der Waals surface area (Å²) in [7, 11) is 0. The SMILES string of the molecule is O=C(NCC(F)(F)F)N1C[C@H](NC(=O)N2CCC(n3c(=O)[nH]c4ncccc43)CC2)CC[C@@H](c2cccc(F)c2F)C1. The van der Waals surface area contributed by atoms with Gasteiger partial charge in [-0.1, -0.05) is 12.1 Å². The molecule has 2 aliphatic rings. The third-order valence-corrected chi connectivity index (χ3v) is 7.83. The van der Waals surface area contributed by atoms with Crippen molar-refractivity contribution in [3.05, 3.63) is 64.2 Å². The number of halogens is 5. The Labute approximate surface area is 236 Å². The zero-order valence-electron chi connectivity index (χ0n) is 22.5. The minimum atomic E-state index is -4.64. The van der Waals surface area contributed by atoms with E-state index in [0.717, 1.165) is 11.0 Å². The van der Waals surface area contributed by atoms with Crippen molar-refractivity contribution in [1.82, 2.24) is 35.0 Å². The molecule has 0 spiro atoms. The van der Waals surface area contributed by atoms with E-state index in [1.807, 2.05) is 5.32 Å². The van der Waals surface area contributed by atoms with Gasteiger partial charge >= 0.3 is 23.9 Å². The molecular weight excluding hydrogens is 565 g/mol. The van der Waals surface area contributed by atoms with Gasteiger partial charge in [0.1, 0.15) is 6.54 Å². The first-order chi connectivity index (χ1) is 20.0. The Kier molecular flexibility index (Phi) is 8.36. The molecule has 0 unspecified atom stereocenters. The molecule has 4 heterocycles. The van der Waals surface area contributed by atoms with Crippen molar-refractivity contribution >= 4 is 23.2 Å². The predicted octanol–water partition coefficient (Wildman–Crippen LogP) is 3.87. The summed E-state index contributed by atoms with van der Waals surface area (Å²) >= 11 is 0. The summed E-state index contributed by atoms with van der Waals surface area (Å²) in [5.74, 6) is -2.84. The van der Waals surface area contributed by atoms with E-state index < -0.39 is 48.4 Å². The quantitative estimate of drug-likeness (QED) is 0.398. The number of hydrogen-bond acceptors (Lipinski definition) is 4. The van der Waals surface area contributed by atoms with E-state index in [-0.39, 0.29) is 43.2 Å². The Balaban J connectivity index is 1.25. The first-order valence-electron chi connectivity index (χ1n) is 13.6. The predicted molar refractivity (Wildman–Crippen MR) is 142 cm³/mol. The lowest BCUT2D eigenvalue weighted by molar-refractivity contribution is -0.123. The van der Waals surface area contributed by atoms with Crippen LogP contribution in [-0.4, -0.2) is 81.3 Å². The molecule has 4 amide bonds. The maximum Gasteiger partial charge on any atom is 0.405 e. The zero-order chi connectivity index (χ0) is 30.0. The van der Waals surface area contributed by atoms with Crippen LogP contribution in [0.25, 0.3) is 11.2 Å². The van der Waals surface area contributed by atoms with Crippen LogP contribution < -0.4 is 16.3 Å². The molecule has 2 atom stereocenters. The Bertz CT molecular complexity index is 1500. The van der Waals surface area contributed by atoms with Gasteiger partial charge in [-0.05, 0) is 49.4 Å². The fraction of sp³-hybridized carbons (Fsp3) is 0.481. The van der Waals surface area contributed by atoms with Crippen LogP contribution in [0.3, 0.4) is 0 Å². The van der Waals surface area contributed by atoms with Crippen LogP contribution in [-0.2, 0) is 0 Å². The highest BCUT2D eigenvalue weighted by Crippen LogP contribution is 2.30. The molecule has 0 radical (unpaired) electrons. The van der Waals surface area contributed by atoms with Crippen LogP contribution in [0.5, 0.6) is 0 Å². The Morgan fingerprint density at radius 1 is 0.976 bits per heavy atom. The molecule has 2 saturated heterocycles. The van der Waals surface area contributed by atoms with Crippen LogP contribution in [0.2, 0.25) is 0 Å². The monoisotopic (exact) mass is 595 g/mol. The van der Waals surface area contributed by atoms with Gasteiger partial charge in [0, 0.05) is 50.4 Å². The normalized spacial score (nSPS) is 20.4. The van der Waals surface area contributed by atoms with E-state index in [0.29, 0.717) is 37.1 Å². The van der Waals surface area contributed by atoms with Crippen LogP contribution in [0.1, 0.15) is 43.2 Å². The number of nitrogens with zero attached hydrogens (tertiary/aromatic N) is 4. The van der Waals surface area contributed by atoms with Crippen LogP contribution >= 0.6 is 0 Å². The highest BCUT2D eigenvalue weighted by atomic mass is 19.4. The number of piperidine rings is 1. The van der Waals surface area contributed by atoms with Crippen LogP contribution in [0.4, 0.5) is 31.5 Å². The number of carbonyl (C=O) groups is 2. The Hall–Kier alpha value is -4.17. The number of amides is 4. The highest BCUT2D eigenvalue weighted by molar-refractivity contribution is 5.76. The number of hydrogen-bond donors (Lipinski definition) is 3. The number of H-pyrrole nitrogens is 1. The van der Waals surface area contributed by atoms with Crippen molar-refractivity contribution in [2.75, 3.05) is 32.7 Å². The van der Waals surface area contributed by atoms with Gasteiger partial charge in [-0.15, -0.1) is 0 Å². The fourth-order valence-electron chi connectivity index (χ4n) is 5.77. The molecule has 10 nitrogen and oxygen atoms in total. The topological polar surface area (TPSA) is 115 Å². The molecule has 0 saturated carbocycles. The summed E-state index contributed by atoms with van der Waals surface area (Å²) in [6, 6.07) is 4.98. The van der Waals surface area contributed by atoms with Gasteiger partial charge in [-0.2, -0.15) is 13.2 Å². The van der Waals surface area contributed by atoms with Crippen molar-refractivity contribution in [1.29, 1.82) is 0 Å². The molecule has 15 heteroatoms. The smallest absolute Gasteiger partial charge is 0.333 e. The van der Waals surface area contributed by atoms with Gasteiger partial charge in [-0.3, -0.25) is 9.55 Å². The van der Waals surface area contributed by atoms with Crippen LogP contribution in [0, 0.1) is 11.6 Å². The lowest BCUT2D eigenvalue weighted by Crippen LogP contribution is -2.53. The molecule has 42 heavy (non-hydrogen) atoms. The second-order valence-electron chi connectivity index (χ2n) is 10.6. The second-order valence-corrected chi connectivity index (χ2v) is 10.6. The maximum absolute atomic E-state index is 14.6. The minimum absolute atomic E-state index is 0.0143. The average Bonchev–Trinajstić information content (AvgIpc) is 3.15. The summed E-state index contributed by atoms with van der Waals surface area (Å²) in [6.45, 7) is -1.14. The number of alkyl halides is 3. The van der Waals surface area contributed by atoms with Crippen molar-refractivity contribution in [2.24, 2.45) is 0 Å². The summed E-state index contributed by atoms with van der Waals surface area (Å²) in [5.41, 5.74) is 0.895. The number of carbonyl (C=O) groups excluding carboxylic acids is 2. The molecule has 1 aromatic carbocycles. The number of benzene rings is 1. The number of aromatic nitrogens is 3. The number of pyridine rings is 1. The summed E-state index contributed by atoms with van der Waals surface area (Å²) in [5, 5.41) is 4.69. The Morgan fingerprint density at radius 2 is 1.74 bits per heavy atom. The lowest BCUT2D eigenvalue weighted by atomic mass is 9.93. The van der Waals surface area contributed by atoms with Gasteiger partial charge in [0.2, 0.25) is 0 Å². The third kappa shape index (κ3) is 6.49. The summed E-state index contributed by atoms with van der Waals surface area (Å²) in [6.07, 6.45) is -1.50. The van der Waals surface area contributed by atoms with Crippen molar-refractivity contribution in [3.8, 4) is 0 Å². The van der Waals surface area contributed by atoms with E-state index in [1.54, 1.807) is 27.8 Å². The fourth-order valence-corrected chi connectivity index (χ4v) is 5.77. The zero-order valence-corrected chi connectivity index (χ0v) is 22.5. The van der Waals surface area contributed by atoms with Gasteiger partial charge < -0.3 is 20.4 Å². The Morgan fingerprint density at radius 3 is 2.48 bits per heavy atom.